The summed E-state index contributed by atoms with van der Waals surface area (Å²) in [6.07, 6.45) is 0. The molecule has 0 aliphatic carbocycles. The van der Waals surface area contributed by atoms with Crippen LogP contribution in [-0.4, -0.2) is 21.0 Å². The van der Waals surface area contributed by atoms with Crippen LogP contribution in [0.25, 0.3) is 11.0 Å². The number of halogens is 1. The van der Waals surface area contributed by atoms with Crippen molar-refractivity contribution in [2.45, 2.75) is 0 Å². The molecule has 0 aliphatic heterocycles. The van der Waals surface area contributed by atoms with Gasteiger partial charge in [-0.1, -0.05) is 41.1 Å². The van der Waals surface area contributed by atoms with Crippen LogP contribution in [0.5, 0.6) is 0 Å². The zero-order valence-electron chi connectivity index (χ0n) is 9.75. The fraction of sp³-hybridized carbons (Fsp3) is 0. The number of amides is 1. The summed E-state index contributed by atoms with van der Waals surface area (Å²) in [4.78, 5) is 12.1. The number of nitrogens with one attached hydrogen (secondary N) is 1. The number of fused-ring (bicyclic) bond motifs is 1. The molecule has 19 heavy (non-hydrogen) atoms. The Labute approximate surface area is 113 Å². The molecule has 0 aliphatic rings. The summed E-state index contributed by atoms with van der Waals surface area (Å²) >= 11 is 5.99. The van der Waals surface area contributed by atoms with Gasteiger partial charge in [-0.3, -0.25) is 0 Å². The number of hydrogen-bond donors (Lipinski definition) is 1. The maximum atomic E-state index is 12.1. The highest BCUT2D eigenvalue weighted by Crippen LogP contribution is 2.21. The first kappa shape index (κ1) is 11.7. The minimum Gasteiger partial charge on any atom is -0.305 e. The average Bonchev–Trinajstić information content (AvgIpc) is 2.85. The van der Waals surface area contributed by atoms with Gasteiger partial charge < -0.3 is 5.32 Å². The highest BCUT2D eigenvalue weighted by molar-refractivity contribution is 6.33. The second-order valence-corrected chi connectivity index (χ2v) is 4.31. The molecule has 6 heteroatoms. The number of hydrogen-bond acceptors (Lipinski definition) is 3. The van der Waals surface area contributed by atoms with Crippen LogP contribution in [0.15, 0.2) is 48.5 Å². The lowest BCUT2D eigenvalue weighted by atomic mass is 10.3. The molecule has 0 atom stereocenters. The maximum Gasteiger partial charge on any atom is 0.348 e. The highest BCUT2D eigenvalue weighted by atomic mass is 35.5. The Morgan fingerprint density at radius 2 is 1.84 bits per heavy atom. The summed E-state index contributed by atoms with van der Waals surface area (Å²) in [5.74, 6) is 0. The second-order valence-electron chi connectivity index (χ2n) is 3.90. The Kier molecular flexibility index (Phi) is 2.89. The van der Waals surface area contributed by atoms with Crippen LogP contribution in [0.1, 0.15) is 0 Å². The largest absolute Gasteiger partial charge is 0.348 e. The van der Waals surface area contributed by atoms with Crippen LogP contribution in [0, 0.1) is 0 Å². The third-order valence-corrected chi connectivity index (χ3v) is 2.99. The molecular weight excluding hydrogens is 264 g/mol. The Morgan fingerprint density at radius 3 is 2.68 bits per heavy atom. The Morgan fingerprint density at radius 1 is 1.11 bits per heavy atom. The number of benzene rings is 2. The number of aromatic nitrogens is 3. The van der Waals surface area contributed by atoms with E-state index in [9.17, 15) is 4.79 Å². The van der Waals surface area contributed by atoms with Crippen molar-refractivity contribution < 1.29 is 4.79 Å². The quantitative estimate of drug-likeness (QED) is 0.740. The maximum absolute atomic E-state index is 12.1. The molecule has 0 unspecified atom stereocenters. The van der Waals surface area contributed by atoms with E-state index in [1.165, 1.54) is 4.68 Å². The SMILES string of the molecule is O=C(Nc1ccccc1Cl)n1nnc2ccccc21. The van der Waals surface area contributed by atoms with Gasteiger partial charge in [-0.15, -0.1) is 5.10 Å². The number of rotatable bonds is 1. The van der Waals surface area contributed by atoms with E-state index in [2.05, 4.69) is 15.6 Å². The Balaban J connectivity index is 1.95. The molecule has 0 bridgehead atoms. The van der Waals surface area contributed by atoms with Gasteiger partial charge >= 0.3 is 6.03 Å². The molecule has 1 N–H and O–H groups in total. The second kappa shape index (κ2) is 4.70. The Hall–Kier alpha value is -2.40. The molecule has 0 radical (unpaired) electrons. The van der Waals surface area contributed by atoms with Crippen molar-refractivity contribution in [3.05, 3.63) is 53.6 Å². The van der Waals surface area contributed by atoms with E-state index in [0.717, 1.165) is 0 Å². The van der Waals surface area contributed by atoms with Gasteiger partial charge in [0.2, 0.25) is 0 Å². The summed E-state index contributed by atoms with van der Waals surface area (Å²) in [5.41, 5.74) is 1.85. The zero-order chi connectivity index (χ0) is 13.2. The standard InChI is InChI=1S/C13H9ClN4O/c14-9-5-1-2-6-10(9)15-13(19)18-12-8-4-3-7-11(12)16-17-18/h1-8H,(H,15,19). The van der Waals surface area contributed by atoms with Crippen LogP contribution < -0.4 is 5.32 Å². The molecule has 0 spiro atoms. The molecule has 94 valence electrons. The average molecular weight is 273 g/mol. The van der Waals surface area contributed by atoms with Gasteiger partial charge in [0.05, 0.1) is 16.2 Å². The third-order valence-electron chi connectivity index (χ3n) is 2.66. The Bertz CT molecular complexity index is 753. The first-order valence-electron chi connectivity index (χ1n) is 5.62. The molecule has 3 aromatic rings. The van der Waals surface area contributed by atoms with Gasteiger partial charge in [0.15, 0.2) is 0 Å². The molecule has 0 saturated heterocycles. The van der Waals surface area contributed by atoms with Crippen molar-refractivity contribution in [3.8, 4) is 0 Å². The van der Waals surface area contributed by atoms with Gasteiger partial charge in [-0.05, 0) is 24.3 Å². The van der Waals surface area contributed by atoms with Crippen molar-refractivity contribution in [1.29, 1.82) is 0 Å². The first-order chi connectivity index (χ1) is 9.25. The lowest BCUT2D eigenvalue weighted by Crippen LogP contribution is -2.20. The van der Waals surface area contributed by atoms with Crippen LogP contribution in [0.2, 0.25) is 5.02 Å². The summed E-state index contributed by atoms with van der Waals surface area (Å²) in [6, 6.07) is 13.9. The van der Waals surface area contributed by atoms with Crippen molar-refractivity contribution in [1.82, 2.24) is 15.0 Å². The van der Waals surface area contributed by atoms with Crippen molar-refractivity contribution in [2.75, 3.05) is 5.32 Å². The van der Waals surface area contributed by atoms with E-state index in [0.29, 0.717) is 21.7 Å². The van der Waals surface area contributed by atoms with Crippen molar-refractivity contribution in [2.24, 2.45) is 0 Å². The topological polar surface area (TPSA) is 59.8 Å². The van der Waals surface area contributed by atoms with Crippen molar-refractivity contribution in [3.63, 3.8) is 0 Å². The molecule has 5 nitrogen and oxygen atoms in total. The predicted octanol–water partition coefficient (Wildman–Crippen LogP) is 3.16. The van der Waals surface area contributed by atoms with E-state index in [-0.39, 0.29) is 0 Å². The fourth-order valence-electron chi connectivity index (χ4n) is 1.75. The molecule has 1 amide bonds. The summed E-state index contributed by atoms with van der Waals surface area (Å²) < 4.78 is 1.21. The number of carbonyl (C=O) groups excluding carboxylic acids is 1. The molecule has 0 fully saturated rings. The minimum absolute atomic E-state index is 0.401. The number of anilines is 1. The molecular formula is C13H9ClN4O. The van der Waals surface area contributed by atoms with Crippen molar-refractivity contribution >= 4 is 34.4 Å². The van der Waals surface area contributed by atoms with Gasteiger partial charge in [0, 0.05) is 0 Å². The van der Waals surface area contributed by atoms with Gasteiger partial charge in [0.25, 0.3) is 0 Å². The van der Waals surface area contributed by atoms with Crippen LogP contribution in [-0.2, 0) is 0 Å². The molecule has 2 aromatic carbocycles. The van der Waals surface area contributed by atoms with Crippen LogP contribution >= 0.6 is 11.6 Å². The monoisotopic (exact) mass is 272 g/mol. The number of para-hydroxylation sites is 2. The van der Waals surface area contributed by atoms with E-state index in [1.54, 1.807) is 36.4 Å². The molecule has 1 heterocycles. The zero-order valence-corrected chi connectivity index (χ0v) is 10.5. The van der Waals surface area contributed by atoms with Gasteiger partial charge in [-0.25, -0.2) is 4.79 Å². The normalized spacial score (nSPS) is 10.6. The summed E-state index contributed by atoms with van der Waals surface area (Å²) in [5, 5.41) is 10.9. The fourth-order valence-corrected chi connectivity index (χ4v) is 1.93. The number of carbonyl (C=O) groups is 1. The first-order valence-corrected chi connectivity index (χ1v) is 6.00. The van der Waals surface area contributed by atoms with E-state index < -0.39 is 6.03 Å². The predicted molar refractivity (Wildman–Crippen MR) is 73.4 cm³/mol. The van der Waals surface area contributed by atoms with E-state index >= 15 is 0 Å². The van der Waals surface area contributed by atoms with Gasteiger partial charge in [-0.2, -0.15) is 4.68 Å². The van der Waals surface area contributed by atoms with E-state index in [4.69, 9.17) is 11.6 Å². The van der Waals surface area contributed by atoms with Crippen LogP contribution in [0.3, 0.4) is 0 Å². The van der Waals surface area contributed by atoms with E-state index in [1.807, 2.05) is 12.1 Å². The molecule has 0 saturated carbocycles. The lowest BCUT2D eigenvalue weighted by Gasteiger charge is -2.06. The molecule has 1 aromatic heterocycles. The minimum atomic E-state index is -0.401. The highest BCUT2D eigenvalue weighted by Gasteiger charge is 2.12. The van der Waals surface area contributed by atoms with Gasteiger partial charge in [0.1, 0.15) is 5.52 Å². The summed E-state index contributed by atoms with van der Waals surface area (Å²) in [6.45, 7) is 0. The molecule has 3 rings (SSSR count). The lowest BCUT2D eigenvalue weighted by molar-refractivity contribution is 0.251. The third kappa shape index (κ3) is 2.15. The smallest absolute Gasteiger partial charge is 0.305 e. The summed E-state index contributed by atoms with van der Waals surface area (Å²) in [7, 11) is 0. The number of nitrogens with zero attached hydrogens (tertiary/aromatic N) is 3. The van der Waals surface area contributed by atoms with Crippen LogP contribution in [0.4, 0.5) is 10.5 Å².